The van der Waals surface area contributed by atoms with Crippen molar-refractivity contribution in [1.29, 1.82) is 0 Å². The first-order valence-corrected chi connectivity index (χ1v) is 11.0. The van der Waals surface area contributed by atoms with Gasteiger partial charge < -0.3 is 15.1 Å². The third kappa shape index (κ3) is 4.40. The Morgan fingerprint density at radius 1 is 1.13 bits per heavy atom. The summed E-state index contributed by atoms with van der Waals surface area (Å²) in [5.74, 6) is 2.01. The van der Waals surface area contributed by atoms with Crippen molar-refractivity contribution >= 4 is 17.6 Å². The van der Waals surface area contributed by atoms with Crippen LogP contribution in [-0.4, -0.2) is 58.3 Å². The number of fused-ring (bicyclic) bond motifs is 1. The number of anilines is 1. The van der Waals surface area contributed by atoms with Gasteiger partial charge in [0.1, 0.15) is 11.6 Å². The molecule has 7 nitrogen and oxygen atoms in total. The second-order valence-corrected chi connectivity index (χ2v) is 8.72. The van der Waals surface area contributed by atoms with Crippen molar-refractivity contribution in [3.8, 4) is 0 Å². The number of rotatable bonds is 4. The average Bonchev–Trinajstić information content (AvgIpc) is 3.26. The third-order valence-corrected chi connectivity index (χ3v) is 6.59. The van der Waals surface area contributed by atoms with Crippen LogP contribution in [0.2, 0.25) is 0 Å². The van der Waals surface area contributed by atoms with Gasteiger partial charge in [-0.3, -0.25) is 9.59 Å². The van der Waals surface area contributed by atoms with E-state index in [1.165, 1.54) is 11.1 Å². The summed E-state index contributed by atoms with van der Waals surface area (Å²) in [6.07, 6.45) is 2.02. The molecule has 1 atom stereocenters. The molecule has 0 aliphatic carbocycles. The number of carbonyl (C=O) groups excluding carboxylic acids is 2. The summed E-state index contributed by atoms with van der Waals surface area (Å²) in [7, 11) is 1.86. The number of nitrogens with zero attached hydrogens (tertiary/aromatic N) is 4. The van der Waals surface area contributed by atoms with E-state index in [-0.39, 0.29) is 17.7 Å². The van der Waals surface area contributed by atoms with Gasteiger partial charge >= 0.3 is 0 Å². The summed E-state index contributed by atoms with van der Waals surface area (Å²) in [5, 5.41) is 3.21. The van der Waals surface area contributed by atoms with Crippen molar-refractivity contribution < 1.29 is 9.59 Å². The van der Waals surface area contributed by atoms with E-state index in [0.29, 0.717) is 26.1 Å². The maximum absolute atomic E-state index is 13.0. The van der Waals surface area contributed by atoms with E-state index in [2.05, 4.69) is 31.3 Å². The first kappa shape index (κ1) is 21.3. The highest BCUT2D eigenvalue weighted by molar-refractivity contribution is 5.79. The second kappa shape index (κ2) is 8.65. The van der Waals surface area contributed by atoms with E-state index in [1.54, 1.807) is 6.92 Å². The zero-order valence-electron chi connectivity index (χ0n) is 18.9. The Hall–Kier alpha value is -2.96. The van der Waals surface area contributed by atoms with Crippen LogP contribution in [0, 0.1) is 13.8 Å². The van der Waals surface area contributed by atoms with Crippen LogP contribution in [0.3, 0.4) is 0 Å². The maximum atomic E-state index is 13.0. The van der Waals surface area contributed by atoms with E-state index < -0.39 is 0 Å². The fourth-order valence-corrected chi connectivity index (χ4v) is 4.49. The number of aromatic nitrogens is 2. The molecule has 0 bridgehead atoms. The number of hydrogen-bond donors (Lipinski definition) is 1. The average molecular weight is 422 g/mol. The first-order chi connectivity index (χ1) is 14.9. The molecule has 3 heterocycles. The molecule has 1 aromatic heterocycles. The summed E-state index contributed by atoms with van der Waals surface area (Å²) in [6.45, 7) is 8.40. The van der Waals surface area contributed by atoms with Crippen molar-refractivity contribution in [3.05, 3.63) is 52.0 Å². The van der Waals surface area contributed by atoms with E-state index in [1.807, 2.05) is 22.9 Å². The van der Waals surface area contributed by atoms with Crippen LogP contribution in [0.25, 0.3) is 0 Å². The van der Waals surface area contributed by atoms with Crippen LogP contribution >= 0.6 is 0 Å². The Morgan fingerprint density at radius 3 is 2.61 bits per heavy atom. The summed E-state index contributed by atoms with van der Waals surface area (Å²) in [6, 6.07) is 6.22. The Bertz CT molecular complexity index is 1000. The minimum absolute atomic E-state index is 0.104. The van der Waals surface area contributed by atoms with Gasteiger partial charge in [0.2, 0.25) is 11.8 Å². The van der Waals surface area contributed by atoms with E-state index in [9.17, 15) is 9.59 Å². The maximum Gasteiger partial charge on any atom is 0.227 e. The SMILES string of the molecule is CNc1nc([C@@H]2CCN(C(C)=O)C2)nc2c1CN(C(=O)Cc1ccc(C)c(C)c1)CC2. The molecule has 1 aromatic carbocycles. The van der Waals surface area contributed by atoms with Crippen LogP contribution in [0.4, 0.5) is 5.82 Å². The molecule has 0 unspecified atom stereocenters. The van der Waals surface area contributed by atoms with Gasteiger partial charge in [-0.1, -0.05) is 18.2 Å². The lowest BCUT2D eigenvalue weighted by atomic mass is 10.0. The molecule has 1 fully saturated rings. The lowest BCUT2D eigenvalue weighted by Gasteiger charge is -2.30. The highest BCUT2D eigenvalue weighted by Crippen LogP contribution is 2.30. The lowest BCUT2D eigenvalue weighted by Crippen LogP contribution is -2.38. The number of likely N-dealkylation sites (tertiary alicyclic amines) is 1. The standard InChI is InChI=1S/C24H31N5O2/c1-15-5-6-18(11-16(15)2)12-22(31)29-10-8-21-20(14-29)24(25-4)27-23(26-21)19-7-9-28(13-19)17(3)30/h5-6,11,19H,7-10,12-14H2,1-4H3,(H,25,26,27)/t19-/m1/s1. The molecule has 1 saturated heterocycles. The Balaban J connectivity index is 1.50. The molecule has 2 amide bonds. The molecule has 31 heavy (non-hydrogen) atoms. The highest BCUT2D eigenvalue weighted by atomic mass is 16.2. The molecular formula is C24H31N5O2. The first-order valence-electron chi connectivity index (χ1n) is 11.0. The van der Waals surface area contributed by atoms with Gasteiger partial charge in [0, 0.05) is 51.5 Å². The molecule has 0 saturated carbocycles. The van der Waals surface area contributed by atoms with Gasteiger partial charge in [0.05, 0.1) is 18.7 Å². The summed E-state index contributed by atoms with van der Waals surface area (Å²) >= 11 is 0. The highest BCUT2D eigenvalue weighted by Gasteiger charge is 2.31. The Morgan fingerprint density at radius 2 is 1.94 bits per heavy atom. The van der Waals surface area contributed by atoms with Gasteiger partial charge in [-0.2, -0.15) is 0 Å². The molecule has 2 aromatic rings. The van der Waals surface area contributed by atoms with Crippen molar-refractivity contribution in [1.82, 2.24) is 19.8 Å². The molecule has 164 valence electrons. The zero-order valence-corrected chi connectivity index (χ0v) is 18.9. The number of aryl methyl sites for hydroxylation is 2. The number of carbonyl (C=O) groups is 2. The lowest BCUT2D eigenvalue weighted by molar-refractivity contribution is -0.131. The fourth-order valence-electron chi connectivity index (χ4n) is 4.49. The zero-order chi connectivity index (χ0) is 22.1. The van der Waals surface area contributed by atoms with Gasteiger partial charge in [-0.25, -0.2) is 9.97 Å². The van der Waals surface area contributed by atoms with Gasteiger partial charge in [0.25, 0.3) is 0 Å². The van der Waals surface area contributed by atoms with E-state index in [0.717, 1.165) is 47.8 Å². The van der Waals surface area contributed by atoms with Crippen LogP contribution < -0.4 is 5.32 Å². The van der Waals surface area contributed by atoms with Crippen LogP contribution in [0.5, 0.6) is 0 Å². The van der Waals surface area contributed by atoms with E-state index >= 15 is 0 Å². The normalized spacial score (nSPS) is 18.1. The smallest absolute Gasteiger partial charge is 0.227 e. The number of benzene rings is 1. The van der Waals surface area contributed by atoms with Gasteiger partial charge in [-0.15, -0.1) is 0 Å². The largest absolute Gasteiger partial charge is 0.373 e. The van der Waals surface area contributed by atoms with Crippen molar-refractivity contribution in [2.24, 2.45) is 0 Å². The number of amides is 2. The molecule has 0 radical (unpaired) electrons. The topological polar surface area (TPSA) is 78.4 Å². The van der Waals surface area contributed by atoms with Crippen LogP contribution in [0.15, 0.2) is 18.2 Å². The molecule has 1 N–H and O–H groups in total. The molecule has 0 spiro atoms. The third-order valence-electron chi connectivity index (χ3n) is 6.59. The minimum atomic E-state index is 0.104. The monoisotopic (exact) mass is 421 g/mol. The number of nitrogens with one attached hydrogen (secondary N) is 1. The van der Waals surface area contributed by atoms with Crippen LogP contribution in [0.1, 0.15) is 53.0 Å². The van der Waals surface area contributed by atoms with Gasteiger partial charge in [0.15, 0.2) is 0 Å². The minimum Gasteiger partial charge on any atom is -0.373 e. The predicted molar refractivity (Wildman–Crippen MR) is 120 cm³/mol. The number of hydrogen-bond acceptors (Lipinski definition) is 5. The summed E-state index contributed by atoms with van der Waals surface area (Å²) < 4.78 is 0. The van der Waals surface area contributed by atoms with Crippen molar-refractivity contribution in [2.75, 3.05) is 32.0 Å². The van der Waals surface area contributed by atoms with E-state index in [4.69, 9.17) is 9.97 Å². The predicted octanol–water partition coefficient (Wildman–Crippen LogP) is 2.60. The van der Waals surface area contributed by atoms with Crippen molar-refractivity contribution in [2.45, 2.75) is 52.5 Å². The molecule has 7 heteroatoms. The second-order valence-electron chi connectivity index (χ2n) is 8.72. The fraction of sp³-hybridized carbons (Fsp3) is 0.500. The summed E-state index contributed by atoms with van der Waals surface area (Å²) in [4.78, 5) is 38.1. The Labute approximate surface area is 183 Å². The molecular weight excluding hydrogens is 390 g/mol. The molecule has 2 aliphatic heterocycles. The quantitative estimate of drug-likeness (QED) is 0.821. The molecule has 2 aliphatic rings. The summed E-state index contributed by atoms with van der Waals surface area (Å²) in [5.41, 5.74) is 5.53. The van der Waals surface area contributed by atoms with Crippen molar-refractivity contribution in [3.63, 3.8) is 0 Å². The molecule has 4 rings (SSSR count). The van der Waals surface area contributed by atoms with Gasteiger partial charge in [-0.05, 0) is 37.0 Å². The Kier molecular flexibility index (Phi) is 5.94. The van der Waals surface area contributed by atoms with Crippen LogP contribution in [-0.2, 0) is 29.0 Å².